The average molecular weight is 353 g/mol. The van der Waals surface area contributed by atoms with Gasteiger partial charge in [-0.2, -0.15) is 5.10 Å². The van der Waals surface area contributed by atoms with Crippen molar-refractivity contribution in [2.45, 2.75) is 20.4 Å². The maximum absolute atomic E-state index is 11.6. The molecule has 7 heteroatoms. The topological polar surface area (TPSA) is 82.2 Å². The van der Waals surface area contributed by atoms with E-state index in [9.17, 15) is 4.79 Å². The lowest BCUT2D eigenvalue weighted by molar-refractivity contribution is 0.0949. The second kappa shape index (κ2) is 6.73. The summed E-state index contributed by atoms with van der Waals surface area (Å²) >= 11 is 3.49. The van der Waals surface area contributed by atoms with Crippen LogP contribution in [0, 0.1) is 13.8 Å². The van der Waals surface area contributed by atoms with Gasteiger partial charge in [-0.05, 0) is 41.9 Å². The molecule has 0 saturated heterocycles. The minimum Gasteiger partial charge on any atom is -0.491 e. The largest absolute Gasteiger partial charge is 0.491 e. The van der Waals surface area contributed by atoms with E-state index in [1.807, 2.05) is 24.6 Å². The van der Waals surface area contributed by atoms with E-state index in [2.05, 4.69) is 26.5 Å². The Morgan fingerprint density at radius 2 is 2.14 bits per heavy atom. The Balaban J connectivity index is 2.04. The molecule has 0 aliphatic carbocycles. The van der Waals surface area contributed by atoms with Gasteiger partial charge in [-0.25, -0.2) is 5.84 Å². The van der Waals surface area contributed by atoms with Crippen LogP contribution < -0.4 is 16.0 Å². The highest BCUT2D eigenvalue weighted by atomic mass is 79.9. The van der Waals surface area contributed by atoms with Gasteiger partial charge >= 0.3 is 0 Å². The van der Waals surface area contributed by atoms with Crippen molar-refractivity contribution in [3.05, 3.63) is 45.7 Å². The molecule has 0 atom stereocenters. The van der Waals surface area contributed by atoms with Gasteiger partial charge in [0, 0.05) is 5.69 Å². The van der Waals surface area contributed by atoms with Crippen molar-refractivity contribution < 1.29 is 9.53 Å². The number of hydrogen-bond acceptors (Lipinski definition) is 4. The van der Waals surface area contributed by atoms with E-state index in [0.29, 0.717) is 24.5 Å². The van der Waals surface area contributed by atoms with Crippen molar-refractivity contribution in [1.29, 1.82) is 0 Å². The number of nitrogens with zero attached hydrogens (tertiary/aromatic N) is 2. The van der Waals surface area contributed by atoms with E-state index >= 15 is 0 Å². The maximum atomic E-state index is 11.6. The normalized spacial score (nSPS) is 10.5. The zero-order valence-electron chi connectivity index (χ0n) is 11.9. The number of carbonyl (C=O) groups is 1. The number of nitrogen functional groups attached to an aromatic ring is 1. The molecule has 112 valence electrons. The van der Waals surface area contributed by atoms with Crippen LogP contribution in [0.2, 0.25) is 0 Å². The number of benzene rings is 1. The first kappa shape index (κ1) is 15.5. The molecule has 0 aliphatic rings. The summed E-state index contributed by atoms with van der Waals surface area (Å²) < 4.78 is 8.55. The number of nitrogens with two attached hydrogens (primary N) is 1. The maximum Gasteiger partial charge on any atom is 0.268 e. The van der Waals surface area contributed by atoms with Crippen LogP contribution in [0.5, 0.6) is 5.75 Å². The van der Waals surface area contributed by atoms with Crippen molar-refractivity contribution in [3.63, 3.8) is 0 Å². The van der Waals surface area contributed by atoms with Crippen LogP contribution >= 0.6 is 15.9 Å². The van der Waals surface area contributed by atoms with Crippen LogP contribution in [0.25, 0.3) is 0 Å². The molecule has 0 saturated carbocycles. The Kier molecular flexibility index (Phi) is 4.98. The van der Waals surface area contributed by atoms with Gasteiger partial charge in [0.15, 0.2) is 0 Å². The molecular formula is C14H17BrN4O2. The molecule has 1 heterocycles. The SMILES string of the molecule is Cc1nn(CCOc2ccccc2C(=O)NN)c(C)c1Br. The Morgan fingerprint density at radius 1 is 1.43 bits per heavy atom. The first-order valence-corrected chi connectivity index (χ1v) is 7.26. The third kappa shape index (κ3) is 3.43. The van der Waals surface area contributed by atoms with Gasteiger partial charge in [0.1, 0.15) is 12.4 Å². The van der Waals surface area contributed by atoms with E-state index in [-0.39, 0.29) is 5.91 Å². The molecule has 6 nitrogen and oxygen atoms in total. The monoisotopic (exact) mass is 352 g/mol. The van der Waals surface area contributed by atoms with Crippen molar-refractivity contribution in [1.82, 2.24) is 15.2 Å². The van der Waals surface area contributed by atoms with Gasteiger partial charge < -0.3 is 4.74 Å². The third-order valence-corrected chi connectivity index (χ3v) is 4.26. The van der Waals surface area contributed by atoms with Gasteiger partial charge in [0.05, 0.1) is 22.3 Å². The molecule has 1 amide bonds. The van der Waals surface area contributed by atoms with Gasteiger partial charge in [-0.3, -0.25) is 14.9 Å². The van der Waals surface area contributed by atoms with Crippen molar-refractivity contribution >= 4 is 21.8 Å². The third-order valence-electron chi connectivity index (χ3n) is 3.12. The number of rotatable bonds is 5. The fraction of sp³-hybridized carbons (Fsp3) is 0.286. The molecule has 2 aromatic rings. The lowest BCUT2D eigenvalue weighted by atomic mass is 10.2. The summed E-state index contributed by atoms with van der Waals surface area (Å²) in [5.41, 5.74) is 4.50. The molecule has 0 aliphatic heterocycles. The quantitative estimate of drug-likeness (QED) is 0.489. The summed E-state index contributed by atoms with van der Waals surface area (Å²) in [6.45, 7) is 4.93. The summed E-state index contributed by atoms with van der Waals surface area (Å²) in [4.78, 5) is 11.6. The van der Waals surface area contributed by atoms with Gasteiger partial charge in [-0.15, -0.1) is 0 Å². The van der Waals surface area contributed by atoms with Gasteiger partial charge in [0.25, 0.3) is 5.91 Å². The minimum absolute atomic E-state index is 0.376. The average Bonchev–Trinajstić information content (AvgIpc) is 2.74. The molecule has 0 spiro atoms. The standard InChI is InChI=1S/C14H17BrN4O2/c1-9-13(15)10(2)19(18-9)7-8-21-12-6-4-3-5-11(12)14(20)17-16/h3-6H,7-8,16H2,1-2H3,(H,17,20). The van der Waals surface area contributed by atoms with Crippen molar-refractivity contribution in [2.75, 3.05) is 6.61 Å². The Labute approximate surface area is 131 Å². The molecule has 0 unspecified atom stereocenters. The number of nitrogens with one attached hydrogen (secondary N) is 1. The second-order valence-electron chi connectivity index (χ2n) is 4.53. The van der Waals surface area contributed by atoms with E-state index in [1.54, 1.807) is 18.2 Å². The second-order valence-corrected chi connectivity index (χ2v) is 5.32. The fourth-order valence-corrected chi connectivity index (χ4v) is 2.28. The van der Waals surface area contributed by atoms with Crippen LogP contribution in [-0.2, 0) is 6.54 Å². The first-order chi connectivity index (χ1) is 10.0. The number of aromatic nitrogens is 2. The van der Waals surface area contributed by atoms with Crippen LogP contribution in [0.1, 0.15) is 21.7 Å². The van der Waals surface area contributed by atoms with Crippen LogP contribution in [0.15, 0.2) is 28.7 Å². The van der Waals surface area contributed by atoms with E-state index < -0.39 is 0 Å². The smallest absolute Gasteiger partial charge is 0.268 e. The highest BCUT2D eigenvalue weighted by molar-refractivity contribution is 9.10. The van der Waals surface area contributed by atoms with Crippen LogP contribution in [0.4, 0.5) is 0 Å². The Hall–Kier alpha value is -1.86. The highest BCUT2D eigenvalue weighted by Crippen LogP contribution is 2.20. The summed E-state index contributed by atoms with van der Waals surface area (Å²) in [6.07, 6.45) is 0. The van der Waals surface area contributed by atoms with E-state index in [4.69, 9.17) is 10.6 Å². The van der Waals surface area contributed by atoms with E-state index in [1.165, 1.54) is 0 Å². The lowest BCUT2D eigenvalue weighted by Crippen LogP contribution is -2.30. The number of ether oxygens (including phenoxy) is 1. The number of amides is 1. The van der Waals surface area contributed by atoms with Gasteiger partial charge in [-0.1, -0.05) is 12.1 Å². The number of para-hydroxylation sites is 1. The molecule has 1 aromatic heterocycles. The number of hydrogen-bond donors (Lipinski definition) is 2. The van der Waals surface area contributed by atoms with Crippen molar-refractivity contribution in [3.8, 4) is 5.75 Å². The predicted molar refractivity (Wildman–Crippen MR) is 83.0 cm³/mol. The highest BCUT2D eigenvalue weighted by Gasteiger charge is 2.12. The predicted octanol–water partition coefficient (Wildman–Crippen LogP) is 1.94. The number of halogens is 1. The summed E-state index contributed by atoms with van der Waals surface area (Å²) in [7, 11) is 0. The number of aryl methyl sites for hydroxylation is 1. The molecule has 3 N–H and O–H groups in total. The first-order valence-electron chi connectivity index (χ1n) is 6.47. The zero-order chi connectivity index (χ0) is 15.4. The van der Waals surface area contributed by atoms with E-state index in [0.717, 1.165) is 15.9 Å². The summed E-state index contributed by atoms with van der Waals surface area (Å²) in [5.74, 6) is 5.28. The minimum atomic E-state index is -0.376. The molecule has 1 aromatic carbocycles. The summed E-state index contributed by atoms with van der Waals surface area (Å²) in [5, 5.41) is 4.41. The Bertz CT molecular complexity index is 654. The molecule has 0 radical (unpaired) electrons. The van der Waals surface area contributed by atoms with Crippen molar-refractivity contribution in [2.24, 2.45) is 5.84 Å². The molecule has 0 fully saturated rings. The number of carbonyl (C=O) groups excluding carboxylic acids is 1. The fourth-order valence-electron chi connectivity index (χ4n) is 1.99. The van der Waals surface area contributed by atoms with Crippen LogP contribution in [-0.4, -0.2) is 22.3 Å². The zero-order valence-corrected chi connectivity index (χ0v) is 13.5. The molecule has 21 heavy (non-hydrogen) atoms. The van der Waals surface area contributed by atoms with Crippen LogP contribution in [0.3, 0.4) is 0 Å². The summed E-state index contributed by atoms with van der Waals surface area (Å²) in [6, 6.07) is 6.97. The molecule has 0 bridgehead atoms. The van der Waals surface area contributed by atoms with Gasteiger partial charge in [0.2, 0.25) is 0 Å². The number of hydrazine groups is 1. The lowest BCUT2D eigenvalue weighted by Gasteiger charge is -2.11. The molecule has 2 rings (SSSR count). The molecular weight excluding hydrogens is 336 g/mol. The Morgan fingerprint density at radius 3 is 2.76 bits per heavy atom.